The van der Waals surface area contributed by atoms with Crippen LogP contribution in [0.5, 0.6) is 11.5 Å². The number of halogens is 2. The summed E-state index contributed by atoms with van der Waals surface area (Å²) < 4.78 is 19.7. The number of nitrogens with zero attached hydrogens (tertiary/aromatic N) is 2. The van der Waals surface area contributed by atoms with E-state index in [1.807, 2.05) is 13.0 Å². The Balaban J connectivity index is 0.00000338. The average Bonchev–Trinajstić information content (AvgIpc) is 2.60. The Morgan fingerprint density at radius 2 is 2.08 bits per heavy atom. The number of benzene rings is 1. The van der Waals surface area contributed by atoms with Gasteiger partial charge in [-0.2, -0.15) is 0 Å². The minimum Gasteiger partial charge on any atom is -0.453 e. The van der Waals surface area contributed by atoms with Gasteiger partial charge in [0.2, 0.25) is 0 Å². The number of hydrogen-bond donors (Lipinski definition) is 2. The van der Waals surface area contributed by atoms with Gasteiger partial charge in [0, 0.05) is 19.3 Å². The van der Waals surface area contributed by atoms with Crippen LogP contribution in [-0.4, -0.2) is 24.0 Å². The van der Waals surface area contributed by atoms with Crippen molar-refractivity contribution in [3.8, 4) is 11.5 Å². The quantitative estimate of drug-likeness (QED) is 0.358. The van der Waals surface area contributed by atoms with E-state index in [0.717, 1.165) is 24.6 Å². The zero-order chi connectivity index (χ0) is 18.1. The molecule has 0 unspecified atom stereocenters. The van der Waals surface area contributed by atoms with Crippen LogP contribution in [0.15, 0.2) is 47.7 Å². The molecule has 5 nitrogen and oxygen atoms in total. The van der Waals surface area contributed by atoms with Crippen molar-refractivity contribution in [1.29, 1.82) is 0 Å². The van der Waals surface area contributed by atoms with E-state index in [0.29, 0.717) is 18.2 Å². The van der Waals surface area contributed by atoms with Crippen molar-refractivity contribution in [2.75, 3.05) is 13.1 Å². The molecule has 1 heterocycles. The van der Waals surface area contributed by atoms with Crippen LogP contribution in [0.25, 0.3) is 0 Å². The lowest BCUT2D eigenvalue weighted by Gasteiger charge is -2.13. The Labute approximate surface area is 171 Å². The maximum absolute atomic E-state index is 14.2. The van der Waals surface area contributed by atoms with E-state index in [1.54, 1.807) is 30.6 Å². The van der Waals surface area contributed by atoms with Crippen LogP contribution in [-0.2, 0) is 6.54 Å². The first kappa shape index (κ1) is 22.1. The third kappa shape index (κ3) is 7.55. The van der Waals surface area contributed by atoms with Crippen molar-refractivity contribution >= 4 is 29.9 Å². The van der Waals surface area contributed by atoms with Crippen LogP contribution in [0.4, 0.5) is 4.39 Å². The third-order valence-corrected chi connectivity index (χ3v) is 3.30. The minimum absolute atomic E-state index is 0. The fourth-order valence-corrected chi connectivity index (χ4v) is 2.07. The number of aliphatic imine (C=N–C) groups is 1. The first-order valence-electron chi connectivity index (χ1n) is 8.47. The van der Waals surface area contributed by atoms with Crippen LogP contribution in [0.1, 0.15) is 26.3 Å². The van der Waals surface area contributed by atoms with E-state index in [1.165, 1.54) is 6.07 Å². The van der Waals surface area contributed by atoms with E-state index in [4.69, 9.17) is 4.74 Å². The fourth-order valence-electron chi connectivity index (χ4n) is 2.07. The van der Waals surface area contributed by atoms with Gasteiger partial charge in [-0.25, -0.2) is 9.38 Å². The van der Waals surface area contributed by atoms with Crippen molar-refractivity contribution in [2.24, 2.45) is 10.9 Å². The summed E-state index contributed by atoms with van der Waals surface area (Å²) in [5.41, 5.74) is 0.776. The lowest BCUT2D eigenvalue weighted by Crippen LogP contribution is -2.39. The van der Waals surface area contributed by atoms with Gasteiger partial charge in [0.25, 0.3) is 0 Å². The SMILES string of the molecule is CCNC(=NCc1ccc(Oc2cccnc2)c(F)c1)NCC(C)C.I. The number of nitrogens with one attached hydrogen (secondary N) is 2. The Morgan fingerprint density at radius 3 is 2.69 bits per heavy atom. The van der Waals surface area contributed by atoms with Crippen LogP contribution < -0.4 is 15.4 Å². The molecule has 2 aromatic rings. The van der Waals surface area contributed by atoms with Gasteiger partial charge in [-0.15, -0.1) is 24.0 Å². The minimum atomic E-state index is -0.420. The molecule has 2 N–H and O–H groups in total. The molecule has 0 aliphatic rings. The second-order valence-electron chi connectivity index (χ2n) is 6.03. The predicted molar refractivity (Wildman–Crippen MR) is 114 cm³/mol. The first-order chi connectivity index (χ1) is 12.1. The van der Waals surface area contributed by atoms with Gasteiger partial charge in [-0.3, -0.25) is 4.98 Å². The van der Waals surface area contributed by atoms with E-state index in [-0.39, 0.29) is 29.7 Å². The molecule has 0 saturated heterocycles. The van der Waals surface area contributed by atoms with Crippen molar-refractivity contribution in [2.45, 2.75) is 27.3 Å². The lowest BCUT2D eigenvalue weighted by molar-refractivity contribution is 0.440. The van der Waals surface area contributed by atoms with E-state index < -0.39 is 5.82 Å². The fraction of sp³-hybridized carbons (Fsp3) is 0.368. The molecule has 0 fully saturated rings. The molecule has 142 valence electrons. The molecule has 26 heavy (non-hydrogen) atoms. The summed E-state index contributed by atoms with van der Waals surface area (Å²) in [6, 6.07) is 8.34. The zero-order valence-electron chi connectivity index (χ0n) is 15.3. The Hall–Kier alpha value is -1.90. The molecule has 0 aliphatic heterocycles. The zero-order valence-corrected chi connectivity index (χ0v) is 17.7. The Kier molecular flexibility index (Phi) is 9.93. The molecule has 0 amide bonds. The highest BCUT2D eigenvalue weighted by molar-refractivity contribution is 14.0. The molecule has 0 saturated carbocycles. The van der Waals surface area contributed by atoms with Gasteiger partial charge >= 0.3 is 0 Å². The number of hydrogen-bond acceptors (Lipinski definition) is 3. The predicted octanol–water partition coefficient (Wildman–Crippen LogP) is 4.34. The van der Waals surface area contributed by atoms with Crippen LogP contribution >= 0.6 is 24.0 Å². The van der Waals surface area contributed by atoms with Gasteiger partial charge in [-0.05, 0) is 42.7 Å². The summed E-state index contributed by atoms with van der Waals surface area (Å²) in [7, 11) is 0. The molecule has 0 bridgehead atoms. The Bertz CT molecular complexity index is 695. The number of aromatic nitrogens is 1. The summed E-state index contributed by atoms with van der Waals surface area (Å²) in [5, 5.41) is 6.44. The molecular weight excluding hydrogens is 446 g/mol. The molecule has 7 heteroatoms. The van der Waals surface area contributed by atoms with Crippen molar-refractivity contribution < 1.29 is 9.13 Å². The molecule has 2 rings (SSSR count). The van der Waals surface area contributed by atoms with Gasteiger partial charge in [0.1, 0.15) is 5.75 Å². The van der Waals surface area contributed by atoms with Crippen LogP contribution in [0.3, 0.4) is 0 Å². The van der Waals surface area contributed by atoms with Gasteiger partial charge in [-0.1, -0.05) is 19.9 Å². The summed E-state index contributed by atoms with van der Waals surface area (Å²) in [6.07, 6.45) is 3.18. The third-order valence-electron chi connectivity index (χ3n) is 3.30. The maximum atomic E-state index is 14.2. The van der Waals surface area contributed by atoms with Gasteiger partial charge in [0.05, 0.1) is 12.7 Å². The Morgan fingerprint density at radius 1 is 1.27 bits per heavy atom. The lowest BCUT2D eigenvalue weighted by atomic mass is 10.2. The molecule has 1 aromatic carbocycles. The largest absolute Gasteiger partial charge is 0.453 e. The molecule has 0 spiro atoms. The molecule has 0 radical (unpaired) electrons. The molecule has 0 aliphatic carbocycles. The van der Waals surface area contributed by atoms with E-state index in [2.05, 4.69) is 34.5 Å². The number of ether oxygens (including phenoxy) is 1. The molecular formula is C19H26FIN4O. The highest BCUT2D eigenvalue weighted by Gasteiger charge is 2.07. The summed E-state index contributed by atoms with van der Waals surface area (Å²) in [6.45, 7) is 8.27. The topological polar surface area (TPSA) is 58.5 Å². The average molecular weight is 472 g/mol. The van der Waals surface area contributed by atoms with Crippen molar-refractivity contribution in [1.82, 2.24) is 15.6 Å². The smallest absolute Gasteiger partial charge is 0.191 e. The monoisotopic (exact) mass is 472 g/mol. The highest BCUT2D eigenvalue weighted by atomic mass is 127. The van der Waals surface area contributed by atoms with Crippen molar-refractivity contribution in [3.63, 3.8) is 0 Å². The van der Waals surface area contributed by atoms with Crippen LogP contribution in [0, 0.1) is 11.7 Å². The second-order valence-corrected chi connectivity index (χ2v) is 6.03. The molecule has 0 atom stereocenters. The van der Waals surface area contributed by atoms with Gasteiger partial charge in [0.15, 0.2) is 17.5 Å². The summed E-state index contributed by atoms with van der Waals surface area (Å²) >= 11 is 0. The number of guanidine groups is 1. The van der Waals surface area contributed by atoms with Crippen LogP contribution in [0.2, 0.25) is 0 Å². The first-order valence-corrected chi connectivity index (χ1v) is 8.47. The number of pyridine rings is 1. The van der Waals surface area contributed by atoms with Crippen molar-refractivity contribution in [3.05, 3.63) is 54.1 Å². The van der Waals surface area contributed by atoms with E-state index in [9.17, 15) is 4.39 Å². The van der Waals surface area contributed by atoms with E-state index >= 15 is 0 Å². The standard InChI is InChI=1S/C19H25FN4O.HI/c1-4-22-19(23-11-14(2)3)24-12-15-7-8-18(17(20)10-15)25-16-6-5-9-21-13-16;/h5-10,13-14H,4,11-12H2,1-3H3,(H2,22,23,24);1H. The summed E-state index contributed by atoms with van der Waals surface area (Å²) in [5.74, 6) is 1.50. The highest BCUT2D eigenvalue weighted by Crippen LogP contribution is 2.24. The maximum Gasteiger partial charge on any atom is 0.191 e. The second kappa shape index (κ2) is 11.7. The summed E-state index contributed by atoms with van der Waals surface area (Å²) in [4.78, 5) is 8.43. The number of rotatable bonds is 7. The normalized spacial score (nSPS) is 11.0. The molecule has 1 aromatic heterocycles. The van der Waals surface area contributed by atoms with Gasteiger partial charge < -0.3 is 15.4 Å².